The highest BCUT2D eigenvalue weighted by Gasteiger charge is 2.37. The van der Waals surface area contributed by atoms with Crippen LogP contribution in [0.3, 0.4) is 0 Å². The average Bonchev–Trinajstić information content (AvgIpc) is 3.15. The first kappa shape index (κ1) is 22.3. The highest BCUT2D eigenvalue weighted by molar-refractivity contribution is 7.13. The smallest absolute Gasteiger partial charge is 0.309 e. The van der Waals surface area contributed by atoms with Gasteiger partial charge < -0.3 is 14.8 Å². The second-order valence-electron chi connectivity index (χ2n) is 7.70. The zero-order valence-electron chi connectivity index (χ0n) is 17.5. The Hall–Kier alpha value is -2.90. The average molecular weight is 471 g/mol. The van der Waals surface area contributed by atoms with E-state index in [1.54, 1.807) is 24.3 Å². The summed E-state index contributed by atoms with van der Waals surface area (Å²) in [6.07, 6.45) is 1.17. The van der Waals surface area contributed by atoms with E-state index >= 15 is 0 Å². The van der Waals surface area contributed by atoms with E-state index in [-0.39, 0.29) is 37.0 Å². The predicted octanol–water partition coefficient (Wildman–Crippen LogP) is 4.94. The van der Waals surface area contributed by atoms with Gasteiger partial charge >= 0.3 is 5.97 Å². The normalized spacial score (nSPS) is 17.3. The standard InChI is InChI=1S/C24H23ClN2O4S/c1-15-22(32-21(26-15)14-30-20-9-7-18(25)8-10-20)23(28)27-19-11-17(12-19)24(29)31-13-16-5-3-2-4-6-16/h2-10,17,19H,11-14H2,1H3,(H,27,28). The van der Waals surface area contributed by atoms with Gasteiger partial charge in [-0.25, -0.2) is 4.98 Å². The summed E-state index contributed by atoms with van der Waals surface area (Å²) < 4.78 is 11.1. The van der Waals surface area contributed by atoms with Gasteiger partial charge in [-0.05, 0) is 49.6 Å². The summed E-state index contributed by atoms with van der Waals surface area (Å²) in [4.78, 5) is 29.9. The molecule has 1 aliphatic carbocycles. The minimum atomic E-state index is -0.213. The second-order valence-corrected chi connectivity index (χ2v) is 9.22. The Bertz CT molecular complexity index is 1080. The minimum absolute atomic E-state index is 0.0351. The molecule has 0 aliphatic heterocycles. The van der Waals surface area contributed by atoms with Crippen molar-refractivity contribution in [3.63, 3.8) is 0 Å². The van der Waals surface area contributed by atoms with E-state index in [0.717, 1.165) is 10.6 Å². The fourth-order valence-electron chi connectivity index (χ4n) is 3.43. The van der Waals surface area contributed by atoms with Gasteiger partial charge in [0.15, 0.2) is 0 Å². The maximum absolute atomic E-state index is 12.7. The van der Waals surface area contributed by atoms with Crippen molar-refractivity contribution in [2.24, 2.45) is 5.92 Å². The molecule has 0 bridgehead atoms. The van der Waals surface area contributed by atoms with Crippen molar-refractivity contribution in [2.75, 3.05) is 0 Å². The Morgan fingerprint density at radius 2 is 1.81 bits per heavy atom. The van der Waals surface area contributed by atoms with Crippen LogP contribution < -0.4 is 10.1 Å². The Balaban J connectivity index is 1.22. The number of nitrogens with zero attached hydrogens (tertiary/aromatic N) is 1. The first-order valence-corrected chi connectivity index (χ1v) is 11.5. The molecule has 0 saturated heterocycles. The van der Waals surface area contributed by atoms with Gasteiger partial charge in [0.1, 0.15) is 28.8 Å². The number of ether oxygens (including phenoxy) is 2. The summed E-state index contributed by atoms with van der Waals surface area (Å²) in [6.45, 7) is 2.36. The summed E-state index contributed by atoms with van der Waals surface area (Å²) >= 11 is 7.19. The molecule has 1 aromatic heterocycles. The maximum atomic E-state index is 12.7. The second kappa shape index (κ2) is 10.1. The highest BCUT2D eigenvalue weighted by atomic mass is 35.5. The molecule has 1 heterocycles. The van der Waals surface area contributed by atoms with Gasteiger partial charge in [-0.2, -0.15) is 0 Å². The molecule has 6 nitrogen and oxygen atoms in total. The Morgan fingerprint density at radius 3 is 2.53 bits per heavy atom. The van der Waals surface area contributed by atoms with Crippen molar-refractivity contribution >= 4 is 34.8 Å². The molecule has 0 atom stereocenters. The first-order valence-electron chi connectivity index (χ1n) is 10.3. The van der Waals surface area contributed by atoms with Gasteiger partial charge in [0.25, 0.3) is 5.91 Å². The predicted molar refractivity (Wildman–Crippen MR) is 123 cm³/mol. The van der Waals surface area contributed by atoms with Crippen LogP contribution in [-0.4, -0.2) is 22.9 Å². The third-order valence-electron chi connectivity index (χ3n) is 5.25. The summed E-state index contributed by atoms with van der Waals surface area (Å²) in [5.74, 6) is 0.136. The number of thiazole rings is 1. The quantitative estimate of drug-likeness (QED) is 0.472. The zero-order chi connectivity index (χ0) is 22.5. The van der Waals surface area contributed by atoms with Crippen LogP contribution in [0.15, 0.2) is 54.6 Å². The molecule has 1 saturated carbocycles. The number of hydrogen-bond donors (Lipinski definition) is 1. The van der Waals surface area contributed by atoms with Crippen LogP contribution in [0.2, 0.25) is 5.02 Å². The summed E-state index contributed by atoms with van der Waals surface area (Å²) in [7, 11) is 0. The molecule has 32 heavy (non-hydrogen) atoms. The number of esters is 1. The number of nitrogens with one attached hydrogen (secondary N) is 1. The van der Waals surface area contributed by atoms with Gasteiger partial charge in [0.05, 0.1) is 11.6 Å². The monoisotopic (exact) mass is 470 g/mol. The van der Waals surface area contributed by atoms with Gasteiger partial charge in [-0.15, -0.1) is 11.3 Å². The molecule has 1 aliphatic rings. The highest BCUT2D eigenvalue weighted by Crippen LogP contribution is 2.30. The van der Waals surface area contributed by atoms with E-state index < -0.39 is 0 Å². The van der Waals surface area contributed by atoms with Crippen LogP contribution in [0.1, 0.15) is 38.8 Å². The Morgan fingerprint density at radius 1 is 1.09 bits per heavy atom. The summed E-state index contributed by atoms with van der Waals surface area (Å²) in [5.41, 5.74) is 1.63. The lowest BCUT2D eigenvalue weighted by atomic mass is 9.80. The molecular weight excluding hydrogens is 448 g/mol. The fraction of sp³-hybridized carbons (Fsp3) is 0.292. The van der Waals surface area contributed by atoms with E-state index in [9.17, 15) is 9.59 Å². The van der Waals surface area contributed by atoms with E-state index in [4.69, 9.17) is 21.1 Å². The lowest BCUT2D eigenvalue weighted by molar-refractivity contribution is -0.153. The number of aryl methyl sites for hydroxylation is 1. The van der Waals surface area contributed by atoms with Crippen LogP contribution in [0.5, 0.6) is 5.75 Å². The number of carbonyl (C=O) groups is 2. The van der Waals surface area contributed by atoms with E-state index in [2.05, 4.69) is 10.3 Å². The van der Waals surface area contributed by atoms with E-state index in [1.165, 1.54) is 11.3 Å². The Kier molecular flexibility index (Phi) is 7.07. The van der Waals surface area contributed by atoms with Crippen molar-refractivity contribution in [3.05, 3.63) is 80.8 Å². The van der Waals surface area contributed by atoms with E-state index in [0.29, 0.717) is 34.2 Å². The maximum Gasteiger partial charge on any atom is 0.309 e. The zero-order valence-corrected chi connectivity index (χ0v) is 19.1. The number of rotatable bonds is 8. The molecule has 1 amide bonds. The fourth-order valence-corrected chi connectivity index (χ4v) is 4.43. The molecule has 4 rings (SSSR count). The molecule has 166 valence electrons. The number of aromatic nitrogens is 1. The van der Waals surface area contributed by atoms with Gasteiger partial charge in [0.2, 0.25) is 0 Å². The van der Waals surface area contributed by atoms with Crippen molar-refractivity contribution in [2.45, 2.75) is 39.0 Å². The summed E-state index contributed by atoms with van der Waals surface area (Å²) in [6, 6.07) is 16.6. The van der Waals surface area contributed by atoms with Crippen molar-refractivity contribution in [1.29, 1.82) is 0 Å². The molecule has 0 unspecified atom stereocenters. The van der Waals surface area contributed by atoms with Crippen molar-refractivity contribution < 1.29 is 19.1 Å². The lowest BCUT2D eigenvalue weighted by Crippen LogP contribution is -2.47. The molecule has 2 aromatic carbocycles. The van der Waals surface area contributed by atoms with Gasteiger partial charge in [-0.1, -0.05) is 41.9 Å². The van der Waals surface area contributed by atoms with Crippen LogP contribution in [0.25, 0.3) is 0 Å². The number of halogens is 1. The molecular formula is C24H23ClN2O4S. The molecule has 0 spiro atoms. The molecule has 8 heteroatoms. The number of carbonyl (C=O) groups excluding carboxylic acids is 2. The first-order chi connectivity index (χ1) is 15.5. The van der Waals surface area contributed by atoms with E-state index in [1.807, 2.05) is 37.3 Å². The lowest BCUT2D eigenvalue weighted by Gasteiger charge is -2.33. The third kappa shape index (κ3) is 5.66. The topological polar surface area (TPSA) is 77.5 Å². The van der Waals surface area contributed by atoms with Crippen LogP contribution in [0, 0.1) is 12.8 Å². The van der Waals surface area contributed by atoms with Crippen molar-refractivity contribution in [3.8, 4) is 5.75 Å². The molecule has 1 N–H and O–H groups in total. The number of benzene rings is 2. The molecule has 1 fully saturated rings. The summed E-state index contributed by atoms with van der Waals surface area (Å²) in [5, 5.41) is 4.36. The number of amides is 1. The largest absolute Gasteiger partial charge is 0.486 e. The minimum Gasteiger partial charge on any atom is -0.486 e. The SMILES string of the molecule is Cc1nc(COc2ccc(Cl)cc2)sc1C(=O)NC1CC(C(=O)OCc2ccccc2)C1. The molecule has 0 radical (unpaired) electrons. The Labute approximate surface area is 195 Å². The van der Waals surface area contributed by atoms with Crippen LogP contribution in [-0.2, 0) is 22.7 Å². The number of hydrogen-bond acceptors (Lipinski definition) is 6. The molecule has 3 aromatic rings. The third-order valence-corrected chi connectivity index (χ3v) is 6.64. The van der Waals surface area contributed by atoms with Gasteiger partial charge in [-0.3, -0.25) is 9.59 Å². The van der Waals surface area contributed by atoms with Crippen LogP contribution in [0.4, 0.5) is 0 Å². The van der Waals surface area contributed by atoms with Gasteiger partial charge in [0, 0.05) is 11.1 Å². The van der Waals surface area contributed by atoms with Crippen molar-refractivity contribution in [1.82, 2.24) is 10.3 Å². The van der Waals surface area contributed by atoms with Crippen LogP contribution >= 0.6 is 22.9 Å².